The highest BCUT2D eigenvalue weighted by molar-refractivity contribution is 6.30. The van der Waals surface area contributed by atoms with Gasteiger partial charge in [-0.05, 0) is 57.4 Å². The molecule has 1 aliphatic heterocycles. The summed E-state index contributed by atoms with van der Waals surface area (Å²) >= 11 is 5.88. The van der Waals surface area contributed by atoms with Crippen LogP contribution in [0.4, 0.5) is 9.18 Å². The summed E-state index contributed by atoms with van der Waals surface area (Å²) in [4.78, 5) is 13.3. The fourth-order valence-corrected chi connectivity index (χ4v) is 2.74. The van der Waals surface area contributed by atoms with E-state index in [-0.39, 0.29) is 11.7 Å². The number of rotatable bonds is 2. The molecule has 1 aliphatic rings. The second kappa shape index (κ2) is 6.42. The quantitative estimate of drug-likeness (QED) is 0.902. The van der Waals surface area contributed by atoms with Crippen LogP contribution in [0.2, 0.25) is 5.02 Å². The molecule has 0 aliphatic carbocycles. The molecule has 1 aromatic rings. The summed E-state index contributed by atoms with van der Waals surface area (Å²) in [5.41, 5.74) is -0.170. The lowest BCUT2D eigenvalue weighted by Gasteiger charge is -2.27. The van der Waals surface area contributed by atoms with Gasteiger partial charge in [-0.25, -0.2) is 9.18 Å². The molecule has 0 aromatic heterocycles. The van der Waals surface area contributed by atoms with E-state index in [4.69, 9.17) is 16.3 Å². The Morgan fingerprint density at radius 2 is 2.18 bits per heavy atom. The molecule has 22 heavy (non-hydrogen) atoms. The van der Waals surface area contributed by atoms with Crippen molar-refractivity contribution in [1.82, 2.24) is 4.90 Å². The van der Waals surface area contributed by atoms with Crippen LogP contribution in [0.15, 0.2) is 18.2 Å². The highest BCUT2D eigenvalue weighted by Crippen LogP contribution is 2.29. The molecule has 1 fully saturated rings. The summed E-state index contributed by atoms with van der Waals surface area (Å²) in [6, 6.07) is 4.35. The summed E-state index contributed by atoms with van der Waals surface area (Å²) in [6.45, 7) is 5.70. The van der Waals surface area contributed by atoms with E-state index in [9.17, 15) is 14.3 Å². The third-order valence-corrected chi connectivity index (χ3v) is 3.83. The highest BCUT2D eigenvalue weighted by Gasteiger charge is 2.38. The predicted octanol–water partition coefficient (Wildman–Crippen LogP) is 3.60. The standard InChI is InChI=1S/C16H21ClFNO3/c1-16(2,3)22-15(21)19-7-6-10(14(19)20)8-11-9-12(17)4-5-13(11)18/h4-5,9-10,14,20H,6-8H2,1-3H3. The molecule has 1 heterocycles. The van der Waals surface area contributed by atoms with Crippen molar-refractivity contribution in [2.75, 3.05) is 6.54 Å². The Morgan fingerprint density at radius 3 is 2.82 bits per heavy atom. The van der Waals surface area contributed by atoms with Crippen LogP contribution in [-0.2, 0) is 11.2 Å². The first kappa shape index (κ1) is 17.0. The van der Waals surface area contributed by atoms with Gasteiger partial charge < -0.3 is 9.84 Å². The van der Waals surface area contributed by atoms with Crippen molar-refractivity contribution in [3.63, 3.8) is 0 Å². The van der Waals surface area contributed by atoms with E-state index in [0.29, 0.717) is 30.0 Å². The van der Waals surface area contributed by atoms with Gasteiger partial charge in [0.15, 0.2) is 0 Å². The average molecular weight is 330 g/mol. The number of carbonyl (C=O) groups excluding carboxylic acids is 1. The molecule has 1 aromatic carbocycles. The molecule has 0 saturated carbocycles. The maximum Gasteiger partial charge on any atom is 0.412 e. The van der Waals surface area contributed by atoms with E-state index < -0.39 is 17.9 Å². The molecule has 0 spiro atoms. The van der Waals surface area contributed by atoms with Crippen molar-refractivity contribution >= 4 is 17.7 Å². The van der Waals surface area contributed by atoms with Crippen molar-refractivity contribution in [1.29, 1.82) is 0 Å². The Kier molecular flexibility index (Phi) is 4.97. The Labute approximate surface area is 134 Å². The monoisotopic (exact) mass is 329 g/mol. The van der Waals surface area contributed by atoms with Crippen LogP contribution in [0.1, 0.15) is 32.8 Å². The van der Waals surface area contributed by atoms with Crippen molar-refractivity contribution in [3.8, 4) is 0 Å². The zero-order chi connectivity index (χ0) is 16.5. The van der Waals surface area contributed by atoms with Gasteiger partial charge in [-0.15, -0.1) is 0 Å². The van der Waals surface area contributed by atoms with Gasteiger partial charge in [-0.3, -0.25) is 4.90 Å². The number of nitrogens with zero attached hydrogens (tertiary/aromatic N) is 1. The van der Waals surface area contributed by atoms with Gasteiger partial charge in [-0.1, -0.05) is 11.6 Å². The maximum atomic E-state index is 13.8. The van der Waals surface area contributed by atoms with Gasteiger partial charge in [0, 0.05) is 17.5 Å². The van der Waals surface area contributed by atoms with Crippen molar-refractivity contribution in [2.24, 2.45) is 5.92 Å². The molecule has 0 radical (unpaired) electrons. The smallest absolute Gasteiger partial charge is 0.412 e. The van der Waals surface area contributed by atoms with E-state index in [1.807, 2.05) is 0 Å². The molecule has 0 bridgehead atoms. The number of hydrogen-bond acceptors (Lipinski definition) is 3. The van der Waals surface area contributed by atoms with E-state index in [2.05, 4.69) is 0 Å². The van der Waals surface area contributed by atoms with Gasteiger partial charge in [0.2, 0.25) is 0 Å². The average Bonchev–Trinajstić information content (AvgIpc) is 2.74. The predicted molar refractivity (Wildman–Crippen MR) is 82.2 cm³/mol. The largest absolute Gasteiger partial charge is 0.444 e. The second-order valence-corrected chi connectivity index (χ2v) is 7.01. The van der Waals surface area contributed by atoms with Gasteiger partial charge in [0.25, 0.3) is 0 Å². The molecule has 122 valence electrons. The van der Waals surface area contributed by atoms with Crippen molar-refractivity contribution in [3.05, 3.63) is 34.6 Å². The third-order valence-electron chi connectivity index (χ3n) is 3.60. The Balaban J connectivity index is 2.03. The number of ether oxygens (including phenoxy) is 1. The molecule has 1 amide bonds. The van der Waals surface area contributed by atoms with E-state index >= 15 is 0 Å². The number of amides is 1. The third kappa shape index (κ3) is 4.11. The summed E-state index contributed by atoms with van der Waals surface area (Å²) < 4.78 is 19.0. The van der Waals surface area contributed by atoms with Crippen LogP contribution >= 0.6 is 11.6 Å². The molecule has 2 atom stereocenters. The number of aliphatic hydroxyl groups excluding tert-OH is 1. The zero-order valence-electron chi connectivity index (χ0n) is 13.0. The van der Waals surface area contributed by atoms with E-state index in [1.54, 1.807) is 26.8 Å². The summed E-state index contributed by atoms with van der Waals surface area (Å²) in [7, 11) is 0. The first-order valence-electron chi connectivity index (χ1n) is 7.29. The lowest BCUT2D eigenvalue weighted by molar-refractivity contribution is -0.0253. The number of halogens is 2. The number of aliphatic hydroxyl groups is 1. The van der Waals surface area contributed by atoms with Gasteiger partial charge in [-0.2, -0.15) is 0 Å². The summed E-state index contributed by atoms with van der Waals surface area (Å²) in [6.07, 6.45) is -0.610. The Bertz CT molecular complexity index is 559. The Hall–Kier alpha value is -1.33. The van der Waals surface area contributed by atoms with Crippen LogP contribution in [0.3, 0.4) is 0 Å². The van der Waals surface area contributed by atoms with Gasteiger partial charge in [0.05, 0.1) is 0 Å². The molecule has 1 saturated heterocycles. The minimum Gasteiger partial charge on any atom is -0.444 e. The Morgan fingerprint density at radius 1 is 1.50 bits per heavy atom. The molecule has 6 heteroatoms. The number of hydrogen-bond donors (Lipinski definition) is 1. The van der Waals surface area contributed by atoms with Crippen LogP contribution in [0.5, 0.6) is 0 Å². The highest BCUT2D eigenvalue weighted by atomic mass is 35.5. The van der Waals surface area contributed by atoms with Crippen molar-refractivity contribution in [2.45, 2.75) is 45.4 Å². The first-order valence-corrected chi connectivity index (χ1v) is 7.67. The van der Waals surface area contributed by atoms with Crippen LogP contribution in [-0.4, -0.2) is 34.5 Å². The first-order chi connectivity index (χ1) is 10.2. The number of carbonyl (C=O) groups is 1. The number of likely N-dealkylation sites (tertiary alicyclic amines) is 1. The number of benzene rings is 1. The molecule has 1 N–H and O–H groups in total. The van der Waals surface area contributed by atoms with Crippen molar-refractivity contribution < 1.29 is 19.0 Å². The molecule has 2 rings (SSSR count). The van der Waals surface area contributed by atoms with Gasteiger partial charge in [0.1, 0.15) is 17.6 Å². The molecular weight excluding hydrogens is 309 g/mol. The summed E-state index contributed by atoms with van der Waals surface area (Å²) in [5, 5.41) is 10.8. The topological polar surface area (TPSA) is 49.8 Å². The molecule has 2 unspecified atom stereocenters. The fraction of sp³-hybridized carbons (Fsp3) is 0.562. The van der Waals surface area contributed by atoms with Crippen LogP contribution < -0.4 is 0 Å². The van der Waals surface area contributed by atoms with Crippen LogP contribution in [0.25, 0.3) is 0 Å². The fourth-order valence-electron chi connectivity index (χ4n) is 2.55. The van der Waals surface area contributed by atoms with E-state index in [1.165, 1.54) is 17.0 Å². The summed E-state index contributed by atoms with van der Waals surface area (Å²) in [5.74, 6) is -0.590. The zero-order valence-corrected chi connectivity index (χ0v) is 13.7. The van der Waals surface area contributed by atoms with E-state index in [0.717, 1.165) is 0 Å². The second-order valence-electron chi connectivity index (χ2n) is 6.58. The molecule has 4 nitrogen and oxygen atoms in total. The SMILES string of the molecule is CC(C)(C)OC(=O)N1CCC(Cc2cc(Cl)ccc2F)C1O. The minimum absolute atomic E-state index is 0.236. The lowest BCUT2D eigenvalue weighted by Crippen LogP contribution is -2.41. The normalized spacial score (nSPS) is 22.0. The minimum atomic E-state index is -0.978. The molecular formula is C16H21ClFNO3. The maximum absolute atomic E-state index is 13.8. The van der Waals surface area contributed by atoms with Crippen LogP contribution in [0, 0.1) is 11.7 Å². The van der Waals surface area contributed by atoms with Gasteiger partial charge >= 0.3 is 6.09 Å². The lowest BCUT2D eigenvalue weighted by atomic mass is 9.97.